The highest BCUT2D eigenvalue weighted by molar-refractivity contribution is 6.36. The van der Waals surface area contributed by atoms with Crippen molar-refractivity contribution >= 4 is 52.4 Å². The Morgan fingerprint density at radius 1 is 0.844 bits per heavy atom. The van der Waals surface area contributed by atoms with Crippen LogP contribution in [0.25, 0.3) is 0 Å². The third kappa shape index (κ3) is 5.04. The summed E-state index contributed by atoms with van der Waals surface area (Å²) in [6, 6.07) is 11.3. The Labute approximate surface area is 191 Å². The number of esters is 1. The molecule has 0 radical (unpaired) electrons. The number of hydrogen-bond donors (Lipinski definition) is 2. The molecule has 0 aliphatic carbocycles. The number of anilines is 2. The molecule has 3 aromatic carbocycles. The zero-order valence-corrected chi connectivity index (χ0v) is 17.9. The molecule has 164 valence electrons. The van der Waals surface area contributed by atoms with Crippen molar-refractivity contribution in [3.8, 4) is 0 Å². The molecule has 0 aromatic heterocycles. The fraction of sp³-hybridized carbons (Fsp3) is 0.0455. The van der Waals surface area contributed by atoms with Gasteiger partial charge in [-0.15, -0.1) is 0 Å². The number of rotatable bonds is 5. The minimum absolute atomic E-state index is 0.0312. The number of nitrogens with one attached hydrogen (secondary N) is 2. The van der Waals surface area contributed by atoms with Crippen LogP contribution < -0.4 is 10.6 Å². The molecular formula is C22H14Cl2F2N2O4. The highest BCUT2D eigenvalue weighted by Crippen LogP contribution is 2.27. The summed E-state index contributed by atoms with van der Waals surface area (Å²) in [5.41, 5.74) is -0.552. The topological polar surface area (TPSA) is 84.5 Å². The van der Waals surface area contributed by atoms with Crippen LogP contribution in [-0.4, -0.2) is 24.9 Å². The zero-order chi connectivity index (χ0) is 23.4. The summed E-state index contributed by atoms with van der Waals surface area (Å²) in [5.74, 6) is -5.03. The largest absolute Gasteiger partial charge is 0.465 e. The highest BCUT2D eigenvalue weighted by atomic mass is 35.5. The summed E-state index contributed by atoms with van der Waals surface area (Å²) >= 11 is 12.0. The van der Waals surface area contributed by atoms with Crippen LogP contribution in [0.15, 0.2) is 54.6 Å². The molecule has 0 fully saturated rings. The number of amides is 2. The highest BCUT2D eigenvalue weighted by Gasteiger charge is 2.21. The average Bonchev–Trinajstić information content (AvgIpc) is 2.77. The quantitative estimate of drug-likeness (QED) is 0.470. The standard InChI is InChI=1S/C22H14Cl2F2N2O4/c1-32-22(31)13-7-5-11(20(29)28-18-10-12(23)6-8-15(18)24)9-17(13)27-21(30)14-3-2-4-16(25)19(14)26/h2-10H,1H3,(H,27,30)(H,28,29). The third-order valence-corrected chi connectivity index (χ3v) is 4.87. The maximum absolute atomic E-state index is 14.0. The van der Waals surface area contributed by atoms with E-state index in [1.165, 1.54) is 30.3 Å². The van der Waals surface area contributed by atoms with Crippen LogP contribution in [0.1, 0.15) is 31.1 Å². The van der Waals surface area contributed by atoms with E-state index in [1.807, 2.05) is 0 Å². The minimum Gasteiger partial charge on any atom is -0.465 e. The van der Waals surface area contributed by atoms with Crippen LogP contribution in [0, 0.1) is 11.6 Å². The van der Waals surface area contributed by atoms with E-state index in [4.69, 9.17) is 23.2 Å². The maximum atomic E-state index is 14.0. The molecule has 0 spiro atoms. The van der Waals surface area contributed by atoms with Gasteiger partial charge < -0.3 is 15.4 Å². The second-order valence-corrected chi connectivity index (χ2v) is 7.23. The van der Waals surface area contributed by atoms with Gasteiger partial charge in [-0.3, -0.25) is 9.59 Å². The van der Waals surface area contributed by atoms with E-state index < -0.39 is 35.0 Å². The Bertz CT molecular complexity index is 1230. The third-order valence-electron chi connectivity index (χ3n) is 4.31. The molecule has 0 aliphatic heterocycles. The monoisotopic (exact) mass is 478 g/mol. The lowest BCUT2D eigenvalue weighted by atomic mass is 10.1. The summed E-state index contributed by atoms with van der Waals surface area (Å²) in [5, 5.41) is 5.46. The maximum Gasteiger partial charge on any atom is 0.339 e. The Morgan fingerprint density at radius 3 is 2.28 bits per heavy atom. The molecule has 0 heterocycles. The van der Waals surface area contributed by atoms with Crippen molar-refractivity contribution in [3.63, 3.8) is 0 Å². The van der Waals surface area contributed by atoms with Gasteiger partial charge >= 0.3 is 5.97 Å². The lowest BCUT2D eigenvalue weighted by Gasteiger charge is -2.13. The van der Waals surface area contributed by atoms with Gasteiger partial charge in [0.2, 0.25) is 0 Å². The van der Waals surface area contributed by atoms with E-state index in [-0.39, 0.29) is 27.5 Å². The SMILES string of the molecule is COC(=O)c1ccc(C(=O)Nc2cc(Cl)ccc2Cl)cc1NC(=O)c1cccc(F)c1F. The number of carbonyl (C=O) groups is 3. The molecule has 0 saturated carbocycles. The first-order valence-electron chi connectivity index (χ1n) is 8.95. The average molecular weight is 479 g/mol. The number of hydrogen-bond acceptors (Lipinski definition) is 4. The van der Waals surface area contributed by atoms with Gasteiger partial charge in [0.1, 0.15) is 0 Å². The first kappa shape index (κ1) is 23.2. The predicted molar refractivity (Wildman–Crippen MR) is 117 cm³/mol. The van der Waals surface area contributed by atoms with Gasteiger partial charge in [-0.05, 0) is 48.5 Å². The Hall–Kier alpha value is -3.49. The van der Waals surface area contributed by atoms with Gasteiger partial charge in [0, 0.05) is 10.6 Å². The summed E-state index contributed by atoms with van der Waals surface area (Å²) in [6.07, 6.45) is 0. The van der Waals surface area contributed by atoms with E-state index in [1.54, 1.807) is 6.07 Å². The smallest absolute Gasteiger partial charge is 0.339 e. The zero-order valence-electron chi connectivity index (χ0n) is 16.3. The molecular weight excluding hydrogens is 465 g/mol. The lowest BCUT2D eigenvalue weighted by Crippen LogP contribution is -2.19. The first-order valence-corrected chi connectivity index (χ1v) is 9.71. The second-order valence-electron chi connectivity index (χ2n) is 6.39. The minimum atomic E-state index is -1.35. The predicted octanol–water partition coefficient (Wildman–Crippen LogP) is 5.56. The van der Waals surface area contributed by atoms with Crippen LogP contribution in [0.4, 0.5) is 20.2 Å². The van der Waals surface area contributed by atoms with Gasteiger partial charge in [0.05, 0.1) is 34.6 Å². The summed E-state index contributed by atoms with van der Waals surface area (Å²) in [7, 11) is 1.13. The Kier molecular flexibility index (Phi) is 7.07. The summed E-state index contributed by atoms with van der Waals surface area (Å²) < 4.78 is 32.1. The van der Waals surface area contributed by atoms with E-state index in [2.05, 4.69) is 15.4 Å². The van der Waals surface area contributed by atoms with Crippen molar-refractivity contribution in [2.45, 2.75) is 0 Å². The van der Waals surface area contributed by atoms with E-state index in [9.17, 15) is 23.2 Å². The Morgan fingerprint density at radius 2 is 1.56 bits per heavy atom. The van der Waals surface area contributed by atoms with Crippen molar-refractivity contribution < 1.29 is 27.9 Å². The molecule has 0 bridgehead atoms. The Balaban J connectivity index is 1.95. The van der Waals surface area contributed by atoms with E-state index >= 15 is 0 Å². The van der Waals surface area contributed by atoms with Crippen LogP contribution in [0.3, 0.4) is 0 Å². The first-order chi connectivity index (χ1) is 15.2. The van der Waals surface area contributed by atoms with Crippen molar-refractivity contribution in [3.05, 3.63) is 93.0 Å². The molecule has 3 rings (SSSR count). The van der Waals surface area contributed by atoms with Gasteiger partial charge in [-0.25, -0.2) is 13.6 Å². The molecule has 10 heteroatoms. The van der Waals surface area contributed by atoms with Gasteiger partial charge in [-0.2, -0.15) is 0 Å². The number of methoxy groups -OCH3 is 1. The van der Waals surface area contributed by atoms with Crippen molar-refractivity contribution in [1.29, 1.82) is 0 Å². The molecule has 3 aromatic rings. The van der Waals surface area contributed by atoms with Crippen LogP contribution in [-0.2, 0) is 4.74 Å². The lowest BCUT2D eigenvalue weighted by molar-refractivity contribution is 0.0601. The van der Waals surface area contributed by atoms with Gasteiger partial charge in [0.15, 0.2) is 11.6 Å². The molecule has 32 heavy (non-hydrogen) atoms. The van der Waals surface area contributed by atoms with Crippen LogP contribution in [0.5, 0.6) is 0 Å². The van der Waals surface area contributed by atoms with Gasteiger partial charge in [0.25, 0.3) is 11.8 Å². The van der Waals surface area contributed by atoms with Crippen LogP contribution in [0.2, 0.25) is 10.0 Å². The molecule has 0 aliphatic rings. The fourth-order valence-corrected chi connectivity index (χ4v) is 3.07. The molecule has 2 N–H and O–H groups in total. The van der Waals surface area contributed by atoms with Crippen molar-refractivity contribution in [1.82, 2.24) is 0 Å². The molecule has 0 saturated heterocycles. The second kappa shape index (κ2) is 9.76. The number of benzene rings is 3. The molecule has 0 unspecified atom stereocenters. The van der Waals surface area contributed by atoms with Crippen molar-refractivity contribution in [2.24, 2.45) is 0 Å². The number of halogens is 4. The van der Waals surface area contributed by atoms with E-state index in [0.29, 0.717) is 5.02 Å². The van der Waals surface area contributed by atoms with E-state index in [0.717, 1.165) is 25.3 Å². The normalized spacial score (nSPS) is 10.4. The van der Waals surface area contributed by atoms with Crippen LogP contribution >= 0.6 is 23.2 Å². The van der Waals surface area contributed by atoms with Gasteiger partial charge in [-0.1, -0.05) is 29.3 Å². The summed E-state index contributed by atoms with van der Waals surface area (Å²) in [6.45, 7) is 0. The van der Waals surface area contributed by atoms with Crippen molar-refractivity contribution in [2.75, 3.05) is 17.7 Å². The fourth-order valence-electron chi connectivity index (χ4n) is 2.73. The number of carbonyl (C=O) groups excluding carboxylic acids is 3. The molecule has 0 atom stereocenters. The molecule has 2 amide bonds. The molecule has 6 nitrogen and oxygen atoms in total. The number of ether oxygens (including phenoxy) is 1. The summed E-state index contributed by atoms with van der Waals surface area (Å²) in [4.78, 5) is 37.3.